The molecule has 0 bridgehead atoms. The highest BCUT2D eigenvalue weighted by atomic mass is 14.8. The average molecular weight is 817 g/mol. The van der Waals surface area contributed by atoms with E-state index in [0.717, 1.165) is 22.8 Å². The Morgan fingerprint density at radius 2 is 0.609 bits per heavy atom. The average Bonchev–Trinajstić information content (AvgIpc) is 3.33. The maximum Gasteiger partial charge on any atom is 0.243 e. The van der Waals surface area contributed by atoms with Crippen LogP contribution in [0.2, 0.25) is 0 Å². The highest BCUT2D eigenvalue weighted by molar-refractivity contribution is 7.00. The van der Waals surface area contributed by atoms with E-state index in [9.17, 15) is 0 Å². The smallest absolute Gasteiger partial charge is 0.243 e. The summed E-state index contributed by atoms with van der Waals surface area (Å²) in [5.41, 5.74) is 19.5. The van der Waals surface area contributed by atoms with Gasteiger partial charge in [0.1, 0.15) is 0 Å². The molecule has 0 aliphatic carbocycles. The van der Waals surface area contributed by atoms with E-state index in [2.05, 4.69) is 222 Å². The van der Waals surface area contributed by atoms with Crippen molar-refractivity contribution < 1.29 is 0 Å². The number of nitrogens with zero attached hydrogens (tertiary/aromatic N) is 2. The zero-order chi connectivity index (χ0) is 43.1. The molecular formula is C60H46B2N2. The highest BCUT2D eigenvalue weighted by Gasteiger charge is 2.38. The second-order valence-corrected chi connectivity index (χ2v) is 18.3. The molecule has 4 heteroatoms. The zero-order valence-corrected chi connectivity index (χ0v) is 36.7. The van der Waals surface area contributed by atoms with Crippen molar-refractivity contribution in [2.24, 2.45) is 9.98 Å². The lowest BCUT2D eigenvalue weighted by Gasteiger charge is -2.31. The number of rotatable bonds is 6. The molecule has 0 unspecified atom stereocenters. The second kappa shape index (κ2) is 15.2. The number of fused-ring (bicyclic) bond motifs is 4. The van der Waals surface area contributed by atoms with Crippen LogP contribution in [0.5, 0.6) is 0 Å². The first kappa shape index (κ1) is 38.4. The number of hydrogen-bond donors (Lipinski definition) is 0. The van der Waals surface area contributed by atoms with Gasteiger partial charge in [-0.2, -0.15) is 0 Å². The van der Waals surface area contributed by atoms with E-state index in [4.69, 9.17) is 9.98 Å². The summed E-state index contributed by atoms with van der Waals surface area (Å²) >= 11 is 0. The summed E-state index contributed by atoms with van der Waals surface area (Å²) in [5.74, 6) is 0.632. The molecule has 0 aromatic heterocycles. The van der Waals surface area contributed by atoms with Crippen LogP contribution in [-0.4, -0.2) is 24.8 Å². The van der Waals surface area contributed by atoms with E-state index in [-0.39, 0.29) is 13.4 Å². The molecule has 0 radical (unpaired) electrons. The van der Waals surface area contributed by atoms with Gasteiger partial charge < -0.3 is 0 Å². The third-order valence-electron chi connectivity index (χ3n) is 14.0. The maximum absolute atomic E-state index is 5.35. The summed E-state index contributed by atoms with van der Waals surface area (Å²) in [6.45, 7) is 9.48. The number of para-hydroxylation sites is 2. The van der Waals surface area contributed by atoms with Crippen molar-refractivity contribution >= 4 is 101 Å². The summed E-state index contributed by atoms with van der Waals surface area (Å²) < 4.78 is 0. The van der Waals surface area contributed by atoms with Crippen LogP contribution in [0.1, 0.15) is 72.9 Å². The molecular weight excluding hydrogens is 770 g/mol. The van der Waals surface area contributed by atoms with Crippen molar-refractivity contribution in [2.45, 2.75) is 39.5 Å². The molecule has 10 aromatic rings. The Kier molecular flexibility index (Phi) is 9.12. The Balaban J connectivity index is 1.15. The van der Waals surface area contributed by atoms with Crippen LogP contribution in [0.15, 0.2) is 204 Å². The van der Waals surface area contributed by atoms with Crippen LogP contribution in [0, 0.1) is 0 Å². The molecule has 0 saturated carbocycles. The maximum atomic E-state index is 5.35. The predicted octanol–water partition coefficient (Wildman–Crippen LogP) is 10.8. The number of benzene rings is 10. The van der Waals surface area contributed by atoms with Gasteiger partial charge >= 0.3 is 0 Å². The summed E-state index contributed by atoms with van der Waals surface area (Å²) in [6, 6.07) is 71.6. The third-order valence-corrected chi connectivity index (χ3v) is 14.0. The predicted molar refractivity (Wildman–Crippen MR) is 277 cm³/mol. The van der Waals surface area contributed by atoms with Crippen molar-refractivity contribution in [1.29, 1.82) is 0 Å². The standard InChI is InChI=1S/C60H46B2N2/c1-37(2)49-35-55(61-51-27-15-11-23-45(51)59(46-24-12-16-28-52(46)61)63-39-19-7-5-8-20-39)43-34-32-42-50(38(3)4)36-56(44-33-31-41(49)57(43)58(42)44)62-53-29-17-13-25-47(53)60(48-26-14-18-30-54(48)62)64-40-21-9-6-10-22-40/h5-38H,1-4H3. The first-order valence-corrected chi connectivity index (χ1v) is 22.9. The Morgan fingerprint density at radius 3 is 0.938 bits per heavy atom. The van der Waals surface area contributed by atoms with E-state index >= 15 is 0 Å². The molecule has 2 nitrogen and oxygen atoms in total. The molecule has 10 aromatic carbocycles. The first-order chi connectivity index (χ1) is 31.4. The van der Waals surface area contributed by atoms with Crippen molar-refractivity contribution in [3.8, 4) is 0 Å². The molecule has 0 spiro atoms. The number of hydrogen-bond acceptors (Lipinski definition) is 2. The van der Waals surface area contributed by atoms with Gasteiger partial charge in [0, 0.05) is 0 Å². The van der Waals surface area contributed by atoms with Crippen LogP contribution >= 0.6 is 0 Å². The van der Waals surface area contributed by atoms with Gasteiger partial charge in [-0.1, -0.05) is 230 Å². The number of aliphatic imine (C=N–C) groups is 2. The minimum Gasteiger partial charge on any atom is -0.248 e. The van der Waals surface area contributed by atoms with Crippen molar-refractivity contribution in [2.75, 3.05) is 0 Å². The van der Waals surface area contributed by atoms with E-state index in [0.29, 0.717) is 11.8 Å². The Morgan fingerprint density at radius 1 is 0.312 bits per heavy atom. The van der Waals surface area contributed by atoms with E-state index in [1.165, 1.54) is 98.5 Å². The summed E-state index contributed by atoms with van der Waals surface area (Å²) in [5, 5.41) is 8.10. The second-order valence-electron chi connectivity index (χ2n) is 18.3. The van der Waals surface area contributed by atoms with Gasteiger partial charge in [-0.25, -0.2) is 9.98 Å². The van der Waals surface area contributed by atoms with E-state index in [1.54, 1.807) is 0 Å². The Labute approximate surface area is 376 Å². The molecule has 0 atom stereocenters. The molecule has 0 N–H and O–H groups in total. The lowest BCUT2D eigenvalue weighted by Crippen LogP contribution is -2.59. The minimum atomic E-state index is 0.0210. The summed E-state index contributed by atoms with van der Waals surface area (Å²) in [6.07, 6.45) is 0. The molecule has 0 amide bonds. The molecule has 302 valence electrons. The van der Waals surface area contributed by atoms with Gasteiger partial charge in [0.15, 0.2) is 0 Å². The summed E-state index contributed by atoms with van der Waals surface area (Å²) in [7, 11) is 0. The Hall–Kier alpha value is -7.29. The molecule has 2 aliphatic heterocycles. The van der Waals surface area contributed by atoms with Crippen molar-refractivity contribution in [3.05, 3.63) is 228 Å². The van der Waals surface area contributed by atoms with Gasteiger partial charge in [-0.3, -0.25) is 0 Å². The fourth-order valence-corrected chi connectivity index (χ4v) is 11.2. The highest BCUT2D eigenvalue weighted by Crippen LogP contribution is 2.40. The third kappa shape index (κ3) is 5.96. The summed E-state index contributed by atoms with van der Waals surface area (Å²) in [4.78, 5) is 10.7. The van der Waals surface area contributed by atoms with Crippen LogP contribution in [0.4, 0.5) is 11.4 Å². The molecule has 0 fully saturated rings. The monoisotopic (exact) mass is 816 g/mol. The molecule has 0 saturated heterocycles. The quantitative estimate of drug-likeness (QED) is 0.118. The largest absolute Gasteiger partial charge is 0.248 e. The lowest BCUT2D eigenvalue weighted by molar-refractivity contribution is 0.877. The lowest BCUT2D eigenvalue weighted by atomic mass is 9.32. The van der Waals surface area contributed by atoms with Gasteiger partial charge in [0.05, 0.1) is 22.8 Å². The van der Waals surface area contributed by atoms with Crippen molar-refractivity contribution in [3.63, 3.8) is 0 Å². The van der Waals surface area contributed by atoms with Crippen LogP contribution in [0.3, 0.4) is 0 Å². The van der Waals surface area contributed by atoms with E-state index < -0.39 is 0 Å². The van der Waals surface area contributed by atoms with Gasteiger partial charge in [0.25, 0.3) is 0 Å². The van der Waals surface area contributed by atoms with Crippen molar-refractivity contribution in [1.82, 2.24) is 0 Å². The van der Waals surface area contributed by atoms with Gasteiger partial charge in [0.2, 0.25) is 13.4 Å². The van der Waals surface area contributed by atoms with E-state index in [1.807, 2.05) is 0 Å². The van der Waals surface area contributed by atoms with Gasteiger partial charge in [-0.05, 0) is 102 Å². The molecule has 2 aliphatic rings. The fraction of sp³-hybridized carbons (Fsp3) is 0.100. The first-order valence-electron chi connectivity index (χ1n) is 22.9. The fourth-order valence-electron chi connectivity index (χ4n) is 11.2. The zero-order valence-electron chi connectivity index (χ0n) is 36.7. The topological polar surface area (TPSA) is 24.7 Å². The Bertz CT molecular complexity index is 3180. The van der Waals surface area contributed by atoms with Crippen LogP contribution in [-0.2, 0) is 0 Å². The normalized spacial score (nSPS) is 13.2. The van der Waals surface area contributed by atoms with Crippen LogP contribution in [0.25, 0.3) is 32.3 Å². The SMILES string of the molecule is CC(C)c1cc(B2c3ccccc3C(=Nc3ccccc3)c3ccccc32)c2ccc3c(C(C)C)cc(B4c5ccccc5C(=Nc5ccccc5)c5ccccc54)c4ccc1c2c43. The minimum absolute atomic E-state index is 0.0210. The van der Waals surface area contributed by atoms with Crippen LogP contribution < -0.4 is 32.8 Å². The van der Waals surface area contributed by atoms with Gasteiger partial charge in [-0.15, -0.1) is 0 Å². The molecule has 2 heterocycles. The molecule has 64 heavy (non-hydrogen) atoms. The molecule has 12 rings (SSSR count).